The fourth-order valence-electron chi connectivity index (χ4n) is 3.04. The smallest absolute Gasteiger partial charge is 0.226 e. The van der Waals surface area contributed by atoms with Crippen LogP contribution in [0.4, 0.5) is 0 Å². The highest BCUT2D eigenvalue weighted by molar-refractivity contribution is 7.98. The van der Waals surface area contributed by atoms with Crippen molar-refractivity contribution in [3.63, 3.8) is 0 Å². The van der Waals surface area contributed by atoms with Gasteiger partial charge in [0.2, 0.25) is 10.6 Å². The summed E-state index contributed by atoms with van der Waals surface area (Å²) < 4.78 is 6.95. The van der Waals surface area contributed by atoms with Gasteiger partial charge in [0.15, 0.2) is 23.1 Å². The van der Waals surface area contributed by atoms with Crippen molar-refractivity contribution in [1.29, 1.82) is 0 Å². The quantitative estimate of drug-likeness (QED) is 0.246. The molecule has 0 fully saturated rings. The molecule has 0 aliphatic carbocycles. The lowest BCUT2D eigenvalue weighted by molar-refractivity contribution is 0.399. The molecule has 32 heavy (non-hydrogen) atoms. The molecule has 2 aromatic heterocycles. The second-order valence-corrected chi connectivity index (χ2v) is 7.90. The first-order chi connectivity index (χ1) is 15.4. The van der Waals surface area contributed by atoms with Crippen molar-refractivity contribution in [2.75, 3.05) is 5.43 Å². The van der Waals surface area contributed by atoms with Gasteiger partial charge in [-0.15, -0.1) is 10.2 Å². The molecule has 0 radical (unpaired) electrons. The van der Waals surface area contributed by atoms with Gasteiger partial charge in [0.25, 0.3) is 0 Å². The Labute approximate surface area is 187 Å². The van der Waals surface area contributed by atoms with Gasteiger partial charge >= 0.3 is 0 Å². The average molecular weight is 452 g/mol. The third kappa shape index (κ3) is 4.40. The van der Waals surface area contributed by atoms with E-state index in [1.807, 2.05) is 31.2 Å². The minimum Gasteiger partial charge on any atom is -0.504 e. The first-order valence-electron chi connectivity index (χ1n) is 9.62. The molecule has 0 atom stereocenters. The highest BCUT2D eigenvalue weighted by atomic mass is 32.2. The van der Waals surface area contributed by atoms with Crippen molar-refractivity contribution in [2.45, 2.75) is 24.4 Å². The second kappa shape index (κ2) is 9.06. The number of aromatic nitrogens is 3. The number of nitrogens with zero attached hydrogens (tertiary/aromatic N) is 3. The van der Waals surface area contributed by atoms with Crippen molar-refractivity contribution in [3.05, 3.63) is 81.9 Å². The summed E-state index contributed by atoms with van der Waals surface area (Å²) in [5, 5.41) is 38.4. The highest BCUT2D eigenvalue weighted by Gasteiger charge is 2.17. The molecular formula is C22H20N4O5S. The molecule has 0 amide bonds. The summed E-state index contributed by atoms with van der Waals surface area (Å²) in [6, 6.07) is 13.7. The molecular weight excluding hydrogens is 432 g/mol. The van der Waals surface area contributed by atoms with Crippen LogP contribution < -0.4 is 10.9 Å². The maximum Gasteiger partial charge on any atom is 0.226 e. The lowest BCUT2D eigenvalue weighted by atomic mass is 10.1. The van der Waals surface area contributed by atoms with E-state index in [9.17, 15) is 20.1 Å². The molecule has 164 valence electrons. The van der Waals surface area contributed by atoms with E-state index in [0.717, 1.165) is 17.4 Å². The normalized spacial score (nSPS) is 10.9. The summed E-state index contributed by atoms with van der Waals surface area (Å²) >= 11 is 1.28. The molecule has 0 saturated heterocycles. The molecule has 9 nitrogen and oxygen atoms in total. The van der Waals surface area contributed by atoms with Crippen LogP contribution in [0.2, 0.25) is 0 Å². The molecule has 0 unspecified atom stereocenters. The number of aromatic hydroxyl groups is 3. The summed E-state index contributed by atoms with van der Waals surface area (Å²) in [5.41, 5.74) is 5.04. The Morgan fingerprint density at radius 3 is 2.66 bits per heavy atom. The number of phenolic OH excluding ortho intramolecular Hbond substituents is 2. The maximum absolute atomic E-state index is 11.7. The standard InChI is InChI=1S/C22H20N4O5S/c1-13-5-2-3-7-16(13)21-24-25-22(32-12-15-9-18(28)19(29)11-31-15)26(21)23-10-14-6-4-8-17(27)20(14)30/h2-9,11,23,27,29-30H,10,12H2,1H3. The van der Waals surface area contributed by atoms with E-state index in [0.29, 0.717) is 22.3 Å². The molecule has 4 rings (SSSR count). The first-order valence-corrected chi connectivity index (χ1v) is 10.6. The lowest BCUT2D eigenvalue weighted by Gasteiger charge is -2.14. The summed E-state index contributed by atoms with van der Waals surface area (Å²) in [6.07, 6.45) is 1.00. The van der Waals surface area contributed by atoms with Gasteiger partial charge in [-0.25, -0.2) is 4.68 Å². The van der Waals surface area contributed by atoms with Crippen molar-refractivity contribution in [3.8, 4) is 28.6 Å². The Bertz CT molecular complexity index is 1320. The summed E-state index contributed by atoms with van der Waals surface area (Å²) in [6.45, 7) is 2.16. The molecule has 4 aromatic rings. The molecule has 2 aromatic carbocycles. The second-order valence-electron chi connectivity index (χ2n) is 6.96. The fraction of sp³-hybridized carbons (Fsp3) is 0.136. The van der Waals surface area contributed by atoms with Crippen molar-refractivity contribution < 1.29 is 19.7 Å². The molecule has 0 saturated carbocycles. The van der Waals surface area contributed by atoms with Crippen LogP contribution >= 0.6 is 11.8 Å². The molecule has 0 aliphatic rings. The predicted molar refractivity (Wildman–Crippen MR) is 119 cm³/mol. The summed E-state index contributed by atoms with van der Waals surface area (Å²) in [5.74, 6) is 0.361. The zero-order valence-electron chi connectivity index (χ0n) is 17.0. The summed E-state index contributed by atoms with van der Waals surface area (Å²) in [7, 11) is 0. The predicted octanol–water partition coefficient (Wildman–Crippen LogP) is 3.36. The van der Waals surface area contributed by atoms with Gasteiger partial charge in [0.1, 0.15) is 12.0 Å². The highest BCUT2D eigenvalue weighted by Crippen LogP contribution is 2.30. The maximum atomic E-state index is 11.7. The van der Waals surface area contributed by atoms with E-state index in [-0.39, 0.29) is 23.8 Å². The van der Waals surface area contributed by atoms with E-state index in [2.05, 4.69) is 15.6 Å². The third-order valence-corrected chi connectivity index (χ3v) is 5.71. The van der Waals surface area contributed by atoms with Crippen LogP contribution in [0.5, 0.6) is 17.2 Å². The summed E-state index contributed by atoms with van der Waals surface area (Å²) in [4.78, 5) is 11.7. The van der Waals surface area contributed by atoms with Gasteiger partial charge in [-0.05, 0) is 18.6 Å². The van der Waals surface area contributed by atoms with Crippen LogP contribution in [0.25, 0.3) is 11.4 Å². The van der Waals surface area contributed by atoms with Crippen molar-refractivity contribution >= 4 is 11.8 Å². The number of thioether (sulfide) groups is 1. The van der Waals surface area contributed by atoms with Crippen LogP contribution in [0.1, 0.15) is 16.9 Å². The van der Waals surface area contributed by atoms with E-state index >= 15 is 0 Å². The molecule has 0 bridgehead atoms. The minimum absolute atomic E-state index is 0.193. The van der Waals surface area contributed by atoms with Crippen molar-refractivity contribution in [1.82, 2.24) is 14.9 Å². The Balaban J connectivity index is 1.65. The lowest BCUT2D eigenvalue weighted by Crippen LogP contribution is -2.17. The molecule has 10 heteroatoms. The van der Waals surface area contributed by atoms with E-state index in [4.69, 9.17) is 4.42 Å². The van der Waals surface area contributed by atoms with E-state index < -0.39 is 11.2 Å². The van der Waals surface area contributed by atoms with Gasteiger partial charge in [-0.2, -0.15) is 0 Å². The number of rotatable bonds is 7. The zero-order chi connectivity index (χ0) is 22.7. The minimum atomic E-state index is -0.522. The van der Waals surface area contributed by atoms with Crippen LogP contribution in [0.3, 0.4) is 0 Å². The van der Waals surface area contributed by atoms with Crippen LogP contribution in [-0.2, 0) is 12.3 Å². The number of aryl methyl sites for hydroxylation is 1. The van der Waals surface area contributed by atoms with Gasteiger partial charge < -0.3 is 25.2 Å². The first kappa shape index (κ1) is 21.3. The number of nitrogens with one attached hydrogen (secondary N) is 1. The third-order valence-electron chi connectivity index (χ3n) is 4.76. The Hall–Kier alpha value is -3.92. The SMILES string of the molecule is Cc1ccccc1-c1nnc(SCc2cc(=O)c(O)co2)n1NCc1cccc(O)c1O. The Kier molecular flexibility index (Phi) is 6.04. The largest absolute Gasteiger partial charge is 0.504 e. The number of hydrogen-bond acceptors (Lipinski definition) is 9. The van der Waals surface area contributed by atoms with Gasteiger partial charge in [-0.3, -0.25) is 4.79 Å². The van der Waals surface area contributed by atoms with Crippen molar-refractivity contribution in [2.24, 2.45) is 0 Å². The Morgan fingerprint density at radius 1 is 1.06 bits per heavy atom. The molecule has 0 aliphatic heterocycles. The molecule has 0 spiro atoms. The Morgan fingerprint density at radius 2 is 1.88 bits per heavy atom. The van der Waals surface area contributed by atoms with Gasteiger partial charge in [0, 0.05) is 17.2 Å². The van der Waals surface area contributed by atoms with Gasteiger partial charge in [-0.1, -0.05) is 48.2 Å². The number of hydrogen-bond donors (Lipinski definition) is 4. The number of phenols is 2. The van der Waals surface area contributed by atoms with E-state index in [1.54, 1.807) is 16.8 Å². The van der Waals surface area contributed by atoms with Crippen LogP contribution in [-0.4, -0.2) is 30.2 Å². The number of para-hydroxylation sites is 1. The number of benzene rings is 2. The van der Waals surface area contributed by atoms with Gasteiger partial charge in [0.05, 0.1) is 12.3 Å². The van der Waals surface area contributed by atoms with Crippen LogP contribution in [0.15, 0.2) is 69.2 Å². The molecule has 2 heterocycles. The monoisotopic (exact) mass is 452 g/mol. The molecule has 4 N–H and O–H groups in total. The van der Waals surface area contributed by atoms with E-state index in [1.165, 1.54) is 23.9 Å². The zero-order valence-corrected chi connectivity index (χ0v) is 17.8. The average Bonchev–Trinajstić information content (AvgIpc) is 3.18. The van der Waals surface area contributed by atoms with Crippen LogP contribution in [0, 0.1) is 6.92 Å². The fourth-order valence-corrected chi connectivity index (χ4v) is 3.85. The topological polar surface area (TPSA) is 134 Å².